The van der Waals surface area contributed by atoms with E-state index in [-0.39, 0.29) is 5.41 Å². The summed E-state index contributed by atoms with van der Waals surface area (Å²) in [6, 6.07) is 6.79. The zero-order chi connectivity index (χ0) is 12.7. The molecule has 0 saturated heterocycles. The third-order valence-electron chi connectivity index (χ3n) is 4.15. The summed E-state index contributed by atoms with van der Waals surface area (Å²) in [7, 11) is 0. The van der Waals surface area contributed by atoms with E-state index in [2.05, 4.69) is 58.2 Å². The van der Waals surface area contributed by atoms with Crippen LogP contribution in [0.1, 0.15) is 57.2 Å². The van der Waals surface area contributed by atoms with Gasteiger partial charge in [0.05, 0.1) is 0 Å². The van der Waals surface area contributed by atoms with Crippen LogP contribution in [0.3, 0.4) is 0 Å². The minimum Gasteiger partial charge on any atom is -0.128 e. The topological polar surface area (TPSA) is 0 Å². The lowest BCUT2D eigenvalue weighted by Gasteiger charge is -2.42. The zero-order valence-electron chi connectivity index (χ0n) is 11.4. The van der Waals surface area contributed by atoms with Crippen molar-refractivity contribution in [3.63, 3.8) is 0 Å². The van der Waals surface area contributed by atoms with Gasteiger partial charge in [0, 0.05) is 0 Å². The van der Waals surface area contributed by atoms with E-state index in [1.807, 2.05) is 6.08 Å². The molecule has 1 aliphatic carbocycles. The van der Waals surface area contributed by atoms with Gasteiger partial charge in [0.15, 0.2) is 0 Å². The molecule has 1 aliphatic rings. The van der Waals surface area contributed by atoms with E-state index in [1.54, 1.807) is 0 Å². The third-order valence-corrected chi connectivity index (χ3v) is 4.15. The highest BCUT2D eigenvalue weighted by Gasteiger charge is 2.36. The van der Waals surface area contributed by atoms with Crippen molar-refractivity contribution < 1.29 is 0 Å². The molecule has 0 aromatic heterocycles. The predicted octanol–water partition coefficient (Wildman–Crippen LogP) is 4.83. The van der Waals surface area contributed by atoms with Crippen molar-refractivity contribution in [2.45, 2.75) is 51.4 Å². The molecule has 0 unspecified atom stereocenters. The second-order valence-electron chi connectivity index (χ2n) is 6.42. The quantitative estimate of drug-likeness (QED) is 0.601. The van der Waals surface area contributed by atoms with Crippen LogP contribution in [0, 0.1) is 0 Å². The highest BCUT2D eigenvalue weighted by Crippen LogP contribution is 2.45. The number of benzene rings is 1. The Hall–Kier alpha value is -1.26. The van der Waals surface area contributed by atoms with Crippen molar-refractivity contribution in [2.75, 3.05) is 0 Å². The molecule has 0 N–H and O–H groups in total. The van der Waals surface area contributed by atoms with Gasteiger partial charge in [-0.3, -0.25) is 0 Å². The summed E-state index contributed by atoms with van der Waals surface area (Å²) in [5.41, 5.74) is 7.68. The second-order valence-corrected chi connectivity index (χ2v) is 6.42. The Bertz CT molecular complexity index is 483. The minimum atomic E-state index is 0.288. The largest absolute Gasteiger partial charge is 0.128 e. The molecule has 0 bridgehead atoms. The first-order chi connectivity index (χ1) is 7.87. The highest BCUT2D eigenvalue weighted by atomic mass is 14.4. The summed E-state index contributed by atoms with van der Waals surface area (Å²) in [6.07, 6.45) is 4.48. The fraction of sp³-hybridized carbons (Fsp3) is 0.471. The fourth-order valence-corrected chi connectivity index (χ4v) is 2.81. The van der Waals surface area contributed by atoms with Gasteiger partial charge in [-0.15, -0.1) is 5.73 Å². The Morgan fingerprint density at radius 1 is 1.06 bits per heavy atom. The average Bonchev–Trinajstić information content (AvgIpc) is 2.26. The number of rotatable bonds is 1. The van der Waals surface area contributed by atoms with Crippen molar-refractivity contribution in [1.29, 1.82) is 0 Å². The smallest absolute Gasteiger partial charge is 0.0100 e. The molecule has 0 radical (unpaired) electrons. The van der Waals surface area contributed by atoms with Gasteiger partial charge in [-0.05, 0) is 46.4 Å². The predicted molar refractivity (Wildman–Crippen MR) is 75.3 cm³/mol. The van der Waals surface area contributed by atoms with Crippen molar-refractivity contribution >= 4 is 6.08 Å². The maximum absolute atomic E-state index is 3.65. The van der Waals surface area contributed by atoms with Gasteiger partial charge in [-0.2, -0.15) is 0 Å². The Balaban J connectivity index is 2.63. The van der Waals surface area contributed by atoms with Crippen LogP contribution in [-0.2, 0) is 10.8 Å². The first-order valence-electron chi connectivity index (χ1n) is 6.38. The summed E-state index contributed by atoms with van der Waals surface area (Å²) in [5.74, 6) is 0. The molecule has 90 valence electrons. The minimum absolute atomic E-state index is 0.288. The van der Waals surface area contributed by atoms with Crippen molar-refractivity contribution in [3.05, 3.63) is 47.2 Å². The van der Waals surface area contributed by atoms with Crippen molar-refractivity contribution in [3.8, 4) is 0 Å². The molecule has 1 aromatic rings. The second kappa shape index (κ2) is 3.89. The van der Waals surface area contributed by atoms with Crippen LogP contribution in [0.5, 0.6) is 0 Å². The fourth-order valence-electron chi connectivity index (χ4n) is 2.81. The first-order valence-corrected chi connectivity index (χ1v) is 6.38. The summed E-state index contributed by atoms with van der Waals surface area (Å²) >= 11 is 0. The molecule has 0 atom stereocenters. The summed E-state index contributed by atoms with van der Waals surface area (Å²) in [5, 5.41) is 0. The molecule has 0 heteroatoms. The molecule has 0 fully saturated rings. The van der Waals surface area contributed by atoms with Gasteiger partial charge >= 0.3 is 0 Å². The van der Waals surface area contributed by atoms with E-state index in [9.17, 15) is 0 Å². The van der Waals surface area contributed by atoms with Gasteiger partial charge in [0.25, 0.3) is 0 Å². The number of fused-ring (bicyclic) bond motifs is 1. The number of hydrogen-bond acceptors (Lipinski definition) is 0. The number of hydrogen-bond donors (Lipinski definition) is 0. The lowest BCUT2D eigenvalue weighted by Crippen LogP contribution is -2.33. The Morgan fingerprint density at radius 2 is 1.65 bits per heavy atom. The van der Waals surface area contributed by atoms with E-state index >= 15 is 0 Å². The Kier molecular flexibility index (Phi) is 2.79. The normalized spacial score (nSPS) is 20.2. The average molecular weight is 226 g/mol. The molecule has 0 spiro atoms. The van der Waals surface area contributed by atoms with E-state index < -0.39 is 0 Å². The van der Waals surface area contributed by atoms with Gasteiger partial charge in [-0.1, -0.05) is 52.5 Å². The van der Waals surface area contributed by atoms with E-state index in [0.29, 0.717) is 5.41 Å². The Labute approximate surface area is 105 Å². The van der Waals surface area contributed by atoms with Crippen LogP contribution in [0.4, 0.5) is 0 Å². The van der Waals surface area contributed by atoms with E-state index in [1.165, 1.54) is 29.5 Å². The van der Waals surface area contributed by atoms with E-state index in [4.69, 9.17) is 0 Å². The molecular formula is C17H22. The molecule has 0 saturated carbocycles. The highest BCUT2D eigenvalue weighted by molar-refractivity contribution is 5.54. The maximum atomic E-state index is 3.65. The molecule has 0 nitrogen and oxygen atoms in total. The first kappa shape index (κ1) is 12.2. The van der Waals surface area contributed by atoms with Crippen LogP contribution in [0.25, 0.3) is 6.08 Å². The monoisotopic (exact) mass is 226 g/mol. The lowest BCUT2D eigenvalue weighted by molar-refractivity contribution is 0.332. The lowest BCUT2D eigenvalue weighted by atomic mass is 9.63. The molecule has 1 aromatic carbocycles. The van der Waals surface area contributed by atoms with E-state index in [0.717, 1.165) is 0 Å². The van der Waals surface area contributed by atoms with Crippen LogP contribution < -0.4 is 0 Å². The SMILES string of the molecule is C=C=Cc1ccc2c(c1)C(C)(C)CCC2(C)C. The van der Waals surface area contributed by atoms with Crippen molar-refractivity contribution in [2.24, 2.45) is 0 Å². The molecule has 0 amide bonds. The maximum Gasteiger partial charge on any atom is -0.0100 e. The van der Waals surface area contributed by atoms with Gasteiger partial charge in [-0.25, -0.2) is 0 Å². The molecule has 2 rings (SSSR count). The van der Waals surface area contributed by atoms with Gasteiger partial charge in [0.2, 0.25) is 0 Å². The summed E-state index contributed by atoms with van der Waals surface area (Å²) in [4.78, 5) is 0. The van der Waals surface area contributed by atoms with Crippen LogP contribution in [0.15, 0.2) is 30.5 Å². The molecular weight excluding hydrogens is 204 g/mol. The van der Waals surface area contributed by atoms with Crippen molar-refractivity contribution in [1.82, 2.24) is 0 Å². The van der Waals surface area contributed by atoms with Gasteiger partial charge in [0.1, 0.15) is 0 Å². The molecule has 0 heterocycles. The Morgan fingerprint density at radius 3 is 2.24 bits per heavy atom. The van der Waals surface area contributed by atoms with Crippen LogP contribution in [-0.4, -0.2) is 0 Å². The summed E-state index contributed by atoms with van der Waals surface area (Å²) < 4.78 is 0. The van der Waals surface area contributed by atoms with Crippen LogP contribution >= 0.6 is 0 Å². The summed E-state index contributed by atoms with van der Waals surface area (Å²) in [6.45, 7) is 13.1. The molecule has 17 heavy (non-hydrogen) atoms. The zero-order valence-corrected chi connectivity index (χ0v) is 11.4. The molecule has 0 aliphatic heterocycles. The van der Waals surface area contributed by atoms with Gasteiger partial charge < -0.3 is 0 Å². The third kappa shape index (κ3) is 2.10. The van der Waals surface area contributed by atoms with Crippen LogP contribution in [0.2, 0.25) is 0 Å². The standard InChI is InChI=1S/C17H22/c1-6-7-13-8-9-14-15(12-13)17(4,5)11-10-16(14,2)3/h7-9,12H,1,10-11H2,2-5H3.